The number of nitrogens with zero attached hydrogens (tertiary/aromatic N) is 6. The Morgan fingerprint density at radius 1 is 1.28 bits per heavy atom. The number of aryl methyl sites for hydroxylation is 1. The molecule has 0 aliphatic rings. The van der Waals surface area contributed by atoms with Gasteiger partial charge in [0.2, 0.25) is 5.28 Å². The lowest BCUT2D eigenvalue weighted by Gasteiger charge is -1.89. The second kappa shape index (κ2) is 10.7. The van der Waals surface area contributed by atoms with Crippen LogP contribution in [-0.4, -0.2) is 34.8 Å². The topological polar surface area (TPSA) is 130 Å². The zero-order valence-corrected chi connectivity index (χ0v) is 15.5. The Morgan fingerprint density at radius 3 is 2.12 bits per heavy atom. The van der Waals surface area contributed by atoms with Gasteiger partial charge in [0.1, 0.15) is 6.20 Å². The highest BCUT2D eigenvalue weighted by Gasteiger charge is 2.29. The average Bonchev–Trinajstić information content (AvgIpc) is 2.86. The molecule has 25 heavy (non-hydrogen) atoms. The van der Waals surface area contributed by atoms with Crippen molar-refractivity contribution in [3.05, 3.63) is 48.9 Å². The standard InChI is InChI=1S/C4HCl2FN2.C4H4N4O4.C3H8S/c5-3-2(7)1-8-4(6)9-3;1-6-2-3(7(9)10)4(5-6)8(11)12;1-3(2)4/h1H;2H,1H3;3-4H,1-2H3. The van der Waals surface area contributed by atoms with Crippen molar-refractivity contribution in [1.29, 1.82) is 0 Å². The van der Waals surface area contributed by atoms with Crippen LogP contribution < -0.4 is 0 Å². The molecule has 0 N–H and O–H groups in total. The molecule has 0 aliphatic heterocycles. The molecule has 0 radical (unpaired) electrons. The molecule has 2 rings (SSSR count). The first-order chi connectivity index (χ1) is 11.5. The summed E-state index contributed by atoms with van der Waals surface area (Å²) in [4.78, 5) is 25.3. The van der Waals surface area contributed by atoms with E-state index >= 15 is 0 Å². The number of hydrogen-bond acceptors (Lipinski definition) is 8. The molecule has 0 fully saturated rings. The molecule has 0 unspecified atom stereocenters. The molecule has 0 spiro atoms. The third-order valence-corrected chi connectivity index (χ3v) is 2.28. The number of halogens is 3. The van der Waals surface area contributed by atoms with Crippen molar-refractivity contribution in [2.75, 3.05) is 0 Å². The lowest BCUT2D eigenvalue weighted by Crippen LogP contribution is -1.94. The van der Waals surface area contributed by atoms with Gasteiger partial charge in [-0.3, -0.25) is 10.1 Å². The molecular formula is C11H13Cl2FN6O4S. The molecular weight excluding hydrogens is 402 g/mol. The Balaban J connectivity index is 0.000000391. The van der Waals surface area contributed by atoms with Crippen LogP contribution in [0.3, 0.4) is 0 Å². The van der Waals surface area contributed by atoms with Crippen LogP contribution in [0.2, 0.25) is 10.4 Å². The van der Waals surface area contributed by atoms with Crippen molar-refractivity contribution < 1.29 is 14.2 Å². The molecule has 2 aromatic rings. The summed E-state index contributed by atoms with van der Waals surface area (Å²) in [5, 5.41) is 23.9. The molecule has 0 aromatic carbocycles. The van der Waals surface area contributed by atoms with Crippen LogP contribution in [0.5, 0.6) is 0 Å². The first kappa shape index (κ1) is 22.9. The van der Waals surface area contributed by atoms with E-state index in [0.29, 0.717) is 5.25 Å². The fourth-order valence-corrected chi connectivity index (χ4v) is 1.35. The van der Waals surface area contributed by atoms with Gasteiger partial charge in [-0.1, -0.05) is 25.4 Å². The van der Waals surface area contributed by atoms with Crippen molar-refractivity contribution in [1.82, 2.24) is 19.7 Å². The highest BCUT2D eigenvalue weighted by atomic mass is 35.5. The number of hydrogen-bond donors (Lipinski definition) is 1. The molecule has 0 saturated carbocycles. The molecule has 0 amide bonds. The molecule has 0 aliphatic carbocycles. The summed E-state index contributed by atoms with van der Waals surface area (Å²) in [6.07, 6.45) is 1.90. The molecule has 0 bridgehead atoms. The van der Waals surface area contributed by atoms with Gasteiger partial charge >= 0.3 is 11.5 Å². The summed E-state index contributed by atoms with van der Waals surface area (Å²) < 4.78 is 13.2. The molecule has 0 atom stereocenters. The minimum Gasteiger partial charge on any atom is -0.358 e. The van der Waals surface area contributed by atoms with Gasteiger partial charge < -0.3 is 10.1 Å². The Kier molecular flexibility index (Phi) is 9.86. The number of nitro groups is 2. The lowest BCUT2D eigenvalue weighted by molar-refractivity contribution is -0.424. The maximum absolute atomic E-state index is 12.2. The normalized spacial score (nSPS) is 9.60. The maximum atomic E-state index is 12.2. The van der Waals surface area contributed by atoms with Crippen molar-refractivity contribution in [2.45, 2.75) is 19.1 Å². The monoisotopic (exact) mass is 414 g/mol. The van der Waals surface area contributed by atoms with Crippen molar-refractivity contribution in [3.8, 4) is 0 Å². The second-order valence-corrected chi connectivity index (χ2v) is 6.13. The predicted octanol–water partition coefficient (Wildman–Crippen LogP) is 3.48. The zero-order valence-electron chi connectivity index (χ0n) is 13.1. The van der Waals surface area contributed by atoms with Crippen molar-refractivity contribution in [3.63, 3.8) is 0 Å². The Morgan fingerprint density at radius 2 is 1.80 bits per heavy atom. The van der Waals surface area contributed by atoms with Crippen molar-refractivity contribution in [2.24, 2.45) is 7.05 Å². The van der Waals surface area contributed by atoms with Crippen LogP contribution in [-0.2, 0) is 7.05 Å². The highest BCUT2D eigenvalue weighted by molar-refractivity contribution is 7.80. The largest absolute Gasteiger partial charge is 0.467 e. The van der Waals surface area contributed by atoms with E-state index in [4.69, 9.17) is 23.2 Å². The average molecular weight is 415 g/mol. The third kappa shape index (κ3) is 9.12. The molecule has 2 aromatic heterocycles. The second-order valence-electron chi connectivity index (χ2n) is 4.40. The molecule has 10 nitrogen and oxygen atoms in total. The van der Waals surface area contributed by atoms with Gasteiger partial charge in [-0.15, -0.1) is 0 Å². The maximum Gasteiger partial charge on any atom is 0.467 e. The van der Waals surface area contributed by atoms with E-state index in [9.17, 15) is 24.6 Å². The van der Waals surface area contributed by atoms with E-state index < -0.39 is 27.2 Å². The van der Waals surface area contributed by atoms with Gasteiger partial charge in [-0.2, -0.15) is 17.3 Å². The summed E-state index contributed by atoms with van der Waals surface area (Å²) in [6.45, 7) is 4.06. The fourth-order valence-electron chi connectivity index (χ4n) is 1.05. The van der Waals surface area contributed by atoms with E-state index in [1.807, 2.05) is 13.8 Å². The van der Waals surface area contributed by atoms with Crippen molar-refractivity contribution >= 4 is 47.3 Å². The zero-order chi connectivity index (χ0) is 19.7. The van der Waals surface area contributed by atoms with Gasteiger partial charge in [-0.05, 0) is 21.8 Å². The number of thiol groups is 1. The van der Waals surface area contributed by atoms with Crippen LogP contribution in [0.1, 0.15) is 13.8 Å². The Labute approximate surface area is 156 Å². The molecule has 2 heterocycles. The minimum atomic E-state index is -0.891. The van der Waals surface area contributed by atoms with Gasteiger partial charge in [-0.25, -0.2) is 14.4 Å². The van der Waals surface area contributed by atoms with Crippen LogP contribution in [0.4, 0.5) is 15.9 Å². The number of rotatable bonds is 2. The van der Waals surface area contributed by atoms with Gasteiger partial charge in [0, 0.05) is 0 Å². The molecule has 0 saturated heterocycles. The van der Waals surface area contributed by atoms with Crippen LogP contribution >= 0.6 is 35.8 Å². The first-order valence-corrected chi connectivity index (χ1v) is 7.57. The summed E-state index contributed by atoms with van der Waals surface area (Å²) >= 11 is 14.4. The van der Waals surface area contributed by atoms with Crippen LogP contribution in [0.25, 0.3) is 0 Å². The SMILES string of the molecule is CC(C)S.Cn1cc([N+](=O)[O-])c([N+](=O)[O-])n1.Fc1cnc(Cl)nc1Cl. The summed E-state index contributed by atoms with van der Waals surface area (Å²) in [5.41, 5.74) is -0.595. The van der Waals surface area contributed by atoms with E-state index in [-0.39, 0.29) is 10.4 Å². The molecule has 138 valence electrons. The lowest BCUT2D eigenvalue weighted by atomic mass is 10.5. The summed E-state index contributed by atoms with van der Waals surface area (Å²) in [7, 11) is 1.38. The third-order valence-electron chi connectivity index (χ3n) is 1.83. The Bertz CT molecular complexity index is 711. The van der Waals surface area contributed by atoms with Gasteiger partial charge in [0.25, 0.3) is 0 Å². The Hall–Kier alpha value is -2.05. The van der Waals surface area contributed by atoms with Crippen LogP contribution in [0.15, 0.2) is 12.4 Å². The van der Waals surface area contributed by atoms with E-state index in [2.05, 4.69) is 27.7 Å². The first-order valence-electron chi connectivity index (χ1n) is 6.29. The van der Waals surface area contributed by atoms with E-state index in [0.717, 1.165) is 17.1 Å². The fraction of sp³-hybridized carbons (Fsp3) is 0.364. The highest BCUT2D eigenvalue weighted by Crippen LogP contribution is 2.22. The van der Waals surface area contributed by atoms with Gasteiger partial charge in [0.15, 0.2) is 11.0 Å². The minimum absolute atomic E-state index is 0.0543. The van der Waals surface area contributed by atoms with E-state index in [1.165, 1.54) is 7.05 Å². The van der Waals surface area contributed by atoms with E-state index in [1.54, 1.807) is 0 Å². The summed E-state index contributed by atoms with van der Waals surface area (Å²) in [6, 6.07) is 0. The predicted molar refractivity (Wildman–Crippen MR) is 92.6 cm³/mol. The smallest absolute Gasteiger partial charge is 0.358 e. The summed E-state index contributed by atoms with van der Waals surface area (Å²) in [5.74, 6) is -1.40. The quantitative estimate of drug-likeness (QED) is 0.261. The van der Waals surface area contributed by atoms with Gasteiger partial charge in [0.05, 0.1) is 23.3 Å². The molecule has 14 heteroatoms. The number of aromatic nitrogens is 4. The van der Waals surface area contributed by atoms with Crippen LogP contribution in [0, 0.1) is 26.0 Å².